The second-order valence-electron chi connectivity index (χ2n) is 7.34. The van der Waals surface area contributed by atoms with Gasteiger partial charge < -0.3 is 4.57 Å². The number of fused-ring (bicyclic) bond motifs is 1. The molecule has 0 bridgehead atoms. The van der Waals surface area contributed by atoms with Gasteiger partial charge in [-0.15, -0.1) is 24.2 Å². The number of amides is 1. The summed E-state index contributed by atoms with van der Waals surface area (Å²) in [6.45, 7) is 3.58. The van der Waals surface area contributed by atoms with Crippen molar-refractivity contribution in [3.05, 3.63) is 72.3 Å². The Morgan fingerprint density at radius 3 is 2.69 bits per heavy atom. The van der Waals surface area contributed by atoms with E-state index in [-0.39, 0.29) is 18.3 Å². The predicted octanol–water partition coefficient (Wildman–Crippen LogP) is 5.86. The number of hydrogen-bond acceptors (Lipinski definition) is 5. The number of nitrogens with zero attached hydrogens (tertiary/aromatic N) is 4. The van der Waals surface area contributed by atoms with Crippen LogP contribution in [0.25, 0.3) is 10.2 Å². The molecule has 8 heteroatoms. The maximum Gasteiger partial charge on any atom is 0.233 e. The predicted molar refractivity (Wildman–Crippen MR) is 137 cm³/mol. The number of imidazole rings is 1. The summed E-state index contributed by atoms with van der Waals surface area (Å²) in [5.74, 6) is 0.0830. The Morgan fingerprint density at radius 1 is 1.19 bits per heavy atom. The third kappa shape index (κ3) is 5.71. The smallest absolute Gasteiger partial charge is 0.233 e. The van der Waals surface area contributed by atoms with Crippen LogP contribution in [0.2, 0.25) is 0 Å². The molecule has 32 heavy (non-hydrogen) atoms. The fourth-order valence-electron chi connectivity index (χ4n) is 3.57. The molecule has 2 heterocycles. The van der Waals surface area contributed by atoms with Crippen molar-refractivity contribution >= 4 is 56.8 Å². The highest BCUT2D eigenvalue weighted by Gasteiger charge is 2.20. The highest BCUT2D eigenvalue weighted by atomic mass is 35.5. The minimum atomic E-state index is 0. The summed E-state index contributed by atoms with van der Waals surface area (Å²) in [6.07, 6.45) is 9.73. The summed E-state index contributed by atoms with van der Waals surface area (Å²) < 4.78 is 3.17. The summed E-state index contributed by atoms with van der Waals surface area (Å²) in [6, 6.07) is 14.5. The van der Waals surface area contributed by atoms with Gasteiger partial charge in [0.05, 0.1) is 23.0 Å². The van der Waals surface area contributed by atoms with Crippen LogP contribution in [0.5, 0.6) is 0 Å². The molecule has 2 aromatic heterocycles. The molecule has 2 aromatic carbocycles. The molecule has 168 valence electrons. The summed E-state index contributed by atoms with van der Waals surface area (Å²) >= 11 is 3.30. The largest absolute Gasteiger partial charge is 0.337 e. The molecule has 0 aliphatic carbocycles. The van der Waals surface area contributed by atoms with Crippen LogP contribution in [-0.2, 0) is 24.2 Å². The van der Waals surface area contributed by atoms with Crippen molar-refractivity contribution in [3.8, 4) is 0 Å². The Morgan fingerprint density at radius 2 is 2.00 bits per heavy atom. The van der Waals surface area contributed by atoms with Crippen molar-refractivity contribution in [2.75, 3.05) is 17.7 Å². The number of anilines is 1. The number of aryl methyl sites for hydroxylation is 2. The van der Waals surface area contributed by atoms with Crippen LogP contribution in [0, 0.1) is 0 Å². The topological polar surface area (TPSA) is 51.0 Å². The van der Waals surface area contributed by atoms with Crippen LogP contribution in [0.1, 0.15) is 24.5 Å². The molecule has 0 N–H and O–H groups in total. The van der Waals surface area contributed by atoms with Gasteiger partial charge in [-0.1, -0.05) is 42.5 Å². The zero-order chi connectivity index (χ0) is 21.6. The molecule has 0 unspecified atom stereocenters. The average molecular weight is 487 g/mol. The number of rotatable bonds is 9. The molecule has 0 fully saturated rings. The average Bonchev–Trinajstić information content (AvgIpc) is 3.46. The Balaban J connectivity index is 0.00000289. The van der Waals surface area contributed by atoms with E-state index in [2.05, 4.69) is 48.5 Å². The van der Waals surface area contributed by atoms with Crippen LogP contribution in [0.4, 0.5) is 5.13 Å². The molecule has 0 atom stereocenters. The second kappa shape index (κ2) is 11.5. The lowest BCUT2D eigenvalue weighted by Crippen LogP contribution is -2.33. The van der Waals surface area contributed by atoms with E-state index in [9.17, 15) is 4.79 Å². The third-order valence-electron chi connectivity index (χ3n) is 5.28. The monoisotopic (exact) mass is 486 g/mol. The van der Waals surface area contributed by atoms with E-state index in [1.54, 1.807) is 29.3 Å². The Labute approximate surface area is 203 Å². The number of carbonyl (C=O) groups excluding carboxylic acids is 1. The highest BCUT2D eigenvalue weighted by molar-refractivity contribution is 7.98. The molecule has 0 radical (unpaired) electrons. The molecule has 4 aromatic rings. The van der Waals surface area contributed by atoms with Crippen LogP contribution in [0.3, 0.4) is 0 Å². The normalized spacial score (nSPS) is 10.8. The zero-order valence-electron chi connectivity index (χ0n) is 18.2. The number of aromatic nitrogens is 3. The molecule has 0 aliphatic heterocycles. The quantitative estimate of drug-likeness (QED) is 0.278. The van der Waals surface area contributed by atoms with Gasteiger partial charge in [-0.25, -0.2) is 9.97 Å². The first-order valence-corrected chi connectivity index (χ1v) is 12.5. The summed E-state index contributed by atoms with van der Waals surface area (Å²) in [5.41, 5.74) is 3.26. The standard InChI is InChI=1S/C24H26N4OS2.ClH/c1-3-19-6-4-7-21-23(19)26-24(31-21)28(14-5-13-27-15-12-25-17-27)22(29)16-18-8-10-20(30-2)11-9-18;/h4,6-12,15,17H,3,5,13-14,16H2,1-2H3;1H. The first kappa shape index (κ1) is 24.3. The molecule has 0 saturated heterocycles. The molecule has 0 saturated carbocycles. The lowest BCUT2D eigenvalue weighted by molar-refractivity contribution is -0.118. The van der Waals surface area contributed by atoms with Gasteiger partial charge >= 0.3 is 0 Å². The summed E-state index contributed by atoms with van der Waals surface area (Å²) in [4.78, 5) is 25.4. The molecule has 5 nitrogen and oxygen atoms in total. The molecular weight excluding hydrogens is 460 g/mol. The van der Waals surface area contributed by atoms with E-state index in [0.29, 0.717) is 13.0 Å². The van der Waals surface area contributed by atoms with Crippen molar-refractivity contribution in [3.63, 3.8) is 0 Å². The maximum absolute atomic E-state index is 13.4. The zero-order valence-corrected chi connectivity index (χ0v) is 20.7. The third-order valence-corrected chi connectivity index (χ3v) is 7.06. The van der Waals surface area contributed by atoms with Crippen LogP contribution >= 0.6 is 35.5 Å². The maximum atomic E-state index is 13.4. The molecule has 4 rings (SSSR count). The van der Waals surface area contributed by atoms with Crippen molar-refractivity contribution in [1.82, 2.24) is 14.5 Å². The van der Waals surface area contributed by atoms with Crippen LogP contribution in [-0.4, -0.2) is 33.2 Å². The van der Waals surface area contributed by atoms with Gasteiger partial charge in [0.15, 0.2) is 5.13 Å². The van der Waals surface area contributed by atoms with E-state index in [4.69, 9.17) is 4.98 Å². The highest BCUT2D eigenvalue weighted by Crippen LogP contribution is 2.31. The summed E-state index contributed by atoms with van der Waals surface area (Å²) in [5, 5.41) is 0.785. The van der Waals surface area contributed by atoms with Gasteiger partial charge in [0.1, 0.15) is 0 Å². The van der Waals surface area contributed by atoms with E-state index in [1.807, 2.05) is 34.1 Å². The van der Waals surface area contributed by atoms with Crippen LogP contribution in [0.15, 0.2) is 66.1 Å². The molecule has 0 spiro atoms. The van der Waals surface area contributed by atoms with Gasteiger partial charge in [0.25, 0.3) is 0 Å². The van der Waals surface area contributed by atoms with E-state index < -0.39 is 0 Å². The number of para-hydroxylation sites is 1. The summed E-state index contributed by atoms with van der Waals surface area (Å²) in [7, 11) is 0. The van der Waals surface area contributed by atoms with Gasteiger partial charge in [0, 0.05) is 30.4 Å². The van der Waals surface area contributed by atoms with Crippen molar-refractivity contribution in [2.24, 2.45) is 0 Å². The van der Waals surface area contributed by atoms with Crippen molar-refractivity contribution in [2.45, 2.75) is 37.6 Å². The Kier molecular flexibility index (Phi) is 8.73. The lowest BCUT2D eigenvalue weighted by Gasteiger charge is -2.20. The lowest BCUT2D eigenvalue weighted by atomic mass is 10.1. The number of benzene rings is 2. The van der Waals surface area contributed by atoms with Gasteiger partial charge in [-0.3, -0.25) is 9.69 Å². The molecular formula is C24H27ClN4OS2. The van der Waals surface area contributed by atoms with Gasteiger partial charge in [-0.05, 0) is 48.4 Å². The van der Waals surface area contributed by atoms with Crippen molar-refractivity contribution in [1.29, 1.82) is 0 Å². The minimum absolute atomic E-state index is 0. The number of hydrogen-bond donors (Lipinski definition) is 0. The fourth-order valence-corrected chi connectivity index (χ4v) is 5.03. The fraction of sp³-hybridized carbons (Fsp3) is 0.292. The number of halogens is 1. The van der Waals surface area contributed by atoms with E-state index in [0.717, 1.165) is 40.3 Å². The van der Waals surface area contributed by atoms with Crippen LogP contribution < -0.4 is 4.90 Å². The number of thioether (sulfide) groups is 1. The van der Waals surface area contributed by atoms with Gasteiger partial charge in [-0.2, -0.15) is 0 Å². The van der Waals surface area contributed by atoms with E-state index in [1.165, 1.54) is 10.5 Å². The van der Waals surface area contributed by atoms with E-state index >= 15 is 0 Å². The number of carbonyl (C=O) groups is 1. The Bertz CT molecular complexity index is 1140. The first-order valence-electron chi connectivity index (χ1n) is 10.5. The number of thiazole rings is 1. The first-order chi connectivity index (χ1) is 15.2. The second-order valence-corrected chi connectivity index (χ2v) is 9.23. The Hall–Kier alpha value is -2.35. The minimum Gasteiger partial charge on any atom is -0.337 e. The SMILES string of the molecule is CCc1cccc2sc(N(CCCn3ccnc3)C(=O)Cc3ccc(SC)cc3)nc12.Cl. The van der Waals surface area contributed by atoms with Crippen molar-refractivity contribution < 1.29 is 4.79 Å². The molecule has 0 aliphatic rings. The van der Waals surface area contributed by atoms with Gasteiger partial charge in [0.2, 0.25) is 5.91 Å². The molecule has 1 amide bonds.